The van der Waals surface area contributed by atoms with Gasteiger partial charge in [-0.15, -0.1) is 23.7 Å². The van der Waals surface area contributed by atoms with Crippen LogP contribution >= 0.6 is 35.3 Å². The van der Waals surface area contributed by atoms with Gasteiger partial charge in [-0.3, -0.25) is 0 Å². The SMILES string of the molecule is COc1cc(CNCc2cccs2)cc(Cl)c1OCc1ccccc1.Cl. The van der Waals surface area contributed by atoms with Crippen LogP contribution < -0.4 is 14.8 Å². The summed E-state index contributed by atoms with van der Waals surface area (Å²) in [6.07, 6.45) is 0. The van der Waals surface area contributed by atoms with Gasteiger partial charge in [0.1, 0.15) is 6.61 Å². The minimum absolute atomic E-state index is 0. The molecule has 2 aromatic carbocycles. The first-order valence-electron chi connectivity index (χ1n) is 8.02. The quantitative estimate of drug-likeness (QED) is 0.517. The predicted molar refractivity (Wildman–Crippen MR) is 111 cm³/mol. The van der Waals surface area contributed by atoms with Crippen molar-refractivity contribution in [2.75, 3.05) is 7.11 Å². The third kappa shape index (κ3) is 5.64. The van der Waals surface area contributed by atoms with Crippen LogP contribution in [-0.2, 0) is 19.7 Å². The number of benzene rings is 2. The van der Waals surface area contributed by atoms with Crippen molar-refractivity contribution in [1.29, 1.82) is 0 Å². The molecule has 1 N–H and O–H groups in total. The molecule has 0 radical (unpaired) electrons. The second-order valence-corrected chi connectivity index (χ2v) is 7.01. The molecule has 3 aromatic rings. The van der Waals surface area contributed by atoms with Crippen molar-refractivity contribution < 1.29 is 9.47 Å². The molecule has 0 saturated carbocycles. The highest BCUT2D eigenvalue weighted by Gasteiger charge is 2.12. The van der Waals surface area contributed by atoms with Gasteiger partial charge < -0.3 is 14.8 Å². The Morgan fingerprint density at radius 1 is 1.00 bits per heavy atom. The molecule has 26 heavy (non-hydrogen) atoms. The second kappa shape index (κ2) is 10.4. The third-order valence-corrected chi connectivity index (χ3v) is 4.88. The van der Waals surface area contributed by atoms with Gasteiger partial charge in [0, 0.05) is 18.0 Å². The van der Waals surface area contributed by atoms with Gasteiger partial charge >= 0.3 is 0 Å². The summed E-state index contributed by atoms with van der Waals surface area (Å²) in [5.41, 5.74) is 2.15. The standard InChI is InChI=1S/C20H20ClNO2S.ClH/c1-23-19-11-16(12-22-13-17-8-5-9-25-17)10-18(21)20(19)24-14-15-6-3-2-4-7-15;/h2-11,22H,12-14H2,1H3;1H. The maximum Gasteiger partial charge on any atom is 0.180 e. The monoisotopic (exact) mass is 409 g/mol. The smallest absolute Gasteiger partial charge is 0.180 e. The van der Waals surface area contributed by atoms with Gasteiger partial charge in [-0.1, -0.05) is 48.0 Å². The molecular formula is C20H21Cl2NO2S. The molecule has 1 heterocycles. The number of rotatable bonds is 8. The minimum atomic E-state index is 0. The van der Waals surface area contributed by atoms with Crippen LogP contribution in [0.15, 0.2) is 60.0 Å². The van der Waals surface area contributed by atoms with E-state index in [9.17, 15) is 0 Å². The van der Waals surface area contributed by atoms with Crippen LogP contribution in [0.3, 0.4) is 0 Å². The van der Waals surface area contributed by atoms with Crippen molar-refractivity contribution in [3.8, 4) is 11.5 Å². The summed E-state index contributed by atoms with van der Waals surface area (Å²) in [5, 5.41) is 6.05. The number of methoxy groups -OCH3 is 1. The van der Waals surface area contributed by atoms with Crippen molar-refractivity contribution in [2.45, 2.75) is 19.7 Å². The number of nitrogens with one attached hydrogen (secondary N) is 1. The Balaban J connectivity index is 0.00000243. The van der Waals surface area contributed by atoms with Crippen molar-refractivity contribution in [2.24, 2.45) is 0 Å². The summed E-state index contributed by atoms with van der Waals surface area (Å²) in [5.74, 6) is 1.23. The van der Waals surface area contributed by atoms with Gasteiger partial charge in [0.25, 0.3) is 0 Å². The van der Waals surface area contributed by atoms with Crippen LogP contribution in [0.1, 0.15) is 16.0 Å². The summed E-state index contributed by atoms with van der Waals surface area (Å²) in [7, 11) is 1.63. The van der Waals surface area contributed by atoms with E-state index in [1.54, 1.807) is 18.4 Å². The lowest BCUT2D eigenvalue weighted by atomic mass is 10.2. The maximum atomic E-state index is 6.43. The lowest BCUT2D eigenvalue weighted by Gasteiger charge is -2.14. The van der Waals surface area contributed by atoms with Gasteiger partial charge in [-0.2, -0.15) is 0 Å². The van der Waals surface area contributed by atoms with Crippen LogP contribution in [0, 0.1) is 0 Å². The van der Waals surface area contributed by atoms with E-state index in [4.69, 9.17) is 21.1 Å². The summed E-state index contributed by atoms with van der Waals surface area (Å²) < 4.78 is 11.4. The van der Waals surface area contributed by atoms with Crippen molar-refractivity contribution in [3.63, 3.8) is 0 Å². The molecule has 3 rings (SSSR count). The number of halogens is 2. The van der Waals surface area contributed by atoms with E-state index >= 15 is 0 Å². The van der Waals surface area contributed by atoms with Crippen molar-refractivity contribution >= 4 is 35.3 Å². The zero-order valence-electron chi connectivity index (χ0n) is 14.4. The average Bonchev–Trinajstić information content (AvgIpc) is 3.15. The zero-order chi connectivity index (χ0) is 17.5. The molecule has 6 heteroatoms. The molecule has 0 unspecified atom stereocenters. The zero-order valence-corrected chi connectivity index (χ0v) is 16.8. The topological polar surface area (TPSA) is 30.5 Å². The molecule has 138 valence electrons. The van der Waals surface area contributed by atoms with Gasteiger partial charge in [0.15, 0.2) is 11.5 Å². The van der Waals surface area contributed by atoms with E-state index in [1.165, 1.54) is 4.88 Å². The molecule has 0 saturated heterocycles. The number of ether oxygens (including phenoxy) is 2. The van der Waals surface area contributed by atoms with E-state index in [2.05, 4.69) is 22.8 Å². The number of hydrogen-bond acceptors (Lipinski definition) is 4. The first-order chi connectivity index (χ1) is 12.3. The average molecular weight is 410 g/mol. The molecule has 0 atom stereocenters. The normalized spacial score (nSPS) is 10.2. The summed E-state index contributed by atoms with van der Waals surface area (Å²) >= 11 is 8.17. The van der Waals surface area contributed by atoms with E-state index in [0.29, 0.717) is 29.7 Å². The minimum Gasteiger partial charge on any atom is -0.493 e. The molecule has 0 aliphatic rings. The number of hydrogen-bond donors (Lipinski definition) is 1. The summed E-state index contributed by atoms with van der Waals surface area (Å²) in [6.45, 7) is 2.00. The largest absolute Gasteiger partial charge is 0.493 e. The first kappa shape index (κ1) is 20.6. The van der Waals surface area contributed by atoms with E-state index in [-0.39, 0.29) is 12.4 Å². The van der Waals surface area contributed by atoms with Gasteiger partial charge in [-0.25, -0.2) is 0 Å². The maximum absolute atomic E-state index is 6.43. The predicted octanol–water partition coefficient (Wildman–Crippen LogP) is 5.70. The van der Waals surface area contributed by atoms with Crippen LogP contribution in [0.4, 0.5) is 0 Å². The van der Waals surface area contributed by atoms with Gasteiger partial charge in [0.05, 0.1) is 12.1 Å². The molecule has 0 aliphatic carbocycles. The number of thiophene rings is 1. The molecule has 0 fully saturated rings. The first-order valence-corrected chi connectivity index (χ1v) is 9.28. The van der Waals surface area contributed by atoms with Crippen LogP contribution in [0.25, 0.3) is 0 Å². The Hall–Kier alpha value is -1.72. The Morgan fingerprint density at radius 3 is 2.50 bits per heavy atom. The van der Waals surface area contributed by atoms with Gasteiger partial charge in [0.2, 0.25) is 0 Å². The highest BCUT2D eigenvalue weighted by molar-refractivity contribution is 7.09. The summed E-state index contributed by atoms with van der Waals surface area (Å²) in [4.78, 5) is 1.31. The molecule has 0 amide bonds. The molecule has 1 aromatic heterocycles. The van der Waals surface area contributed by atoms with Crippen molar-refractivity contribution in [3.05, 3.63) is 81.0 Å². The fourth-order valence-electron chi connectivity index (χ4n) is 2.49. The molecule has 0 aliphatic heterocycles. The van der Waals surface area contributed by atoms with E-state index in [1.807, 2.05) is 42.5 Å². The lowest BCUT2D eigenvalue weighted by Crippen LogP contribution is -2.12. The van der Waals surface area contributed by atoms with Gasteiger partial charge in [-0.05, 0) is 34.7 Å². The molecular weight excluding hydrogens is 389 g/mol. The van der Waals surface area contributed by atoms with Crippen molar-refractivity contribution in [1.82, 2.24) is 5.32 Å². The fraction of sp³-hybridized carbons (Fsp3) is 0.200. The van der Waals surface area contributed by atoms with Crippen LogP contribution in [0.2, 0.25) is 5.02 Å². The molecule has 3 nitrogen and oxygen atoms in total. The molecule has 0 bridgehead atoms. The lowest BCUT2D eigenvalue weighted by molar-refractivity contribution is 0.284. The Kier molecular flexibility index (Phi) is 8.26. The highest BCUT2D eigenvalue weighted by Crippen LogP contribution is 2.37. The third-order valence-electron chi connectivity index (χ3n) is 3.72. The van der Waals surface area contributed by atoms with Crippen LogP contribution in [0.5, 0.6) is 11.5 Å². The Morgan fingerprint density at radius 2 is 1.81 bits per heavy atom. The molecule has 0 spiro atoms. The Bertz CT molecular complexity index is 795. The Labute approximate surface area is 169 Å². The highest BCUT2D eigenvalue weighted by atomic mass is 35.5. The summed E-state index contributed by atoms with van der Waals surface area (Å²) in [6, 6.07) is 18.0. The second-order valence-electron chi connectivity index (χ2n) is 5.57. The van der Waals surface area contributed by atoms with E-state index in [0.717, 1.165) is 17.7 Å². The van der Waals surface area contributed by atoms with E-state index < -0.39 is 0 Å². The van der Waals surface area contributed by atoms with Crippen LogP contribution in [-0.4, -0.2) is 7.11 Å². The fourth-order valence-corrected chi connectivity index (χ4v) is 3.45.